The molecule has 0 heterocycles. The predicted molar refractivity (Wildman–Crippen MR) is 77.4 cm³/mol. The standard InChI is InChI=1S/C15H22ClNO/c1-5-11(3)17(6-2)12(4)15(18)13-7-9-14(16)10-8-13/h7-12H,5-6H2,1-4H3. The number of hydrogen-bond donors (Lipinski definition) is 0. The number of carbonyl (C=O) groups is 1. The molecule has 0 amide bonds. The molecule has 2 nitrogen and oxygen atoms in total. The molecule has 0 aliphatic rings. The lowest BCUT2D eigenvalue weighted by Gasteiger charge is -2.32. The second-order valence-corrected chi connectivity index (χ2v) is 5.07. The number of nitrogens with zero attached hydrogens (tertiary/aromatic N) is 1. The molecule has 0 N–H and O–H groups in total. The third-order valence-corrected chi connectivity index (χ3v) is 3.78. The fourth-order valence-corrected chi connectivity index (χ4v) is 2.33. The molecular weight excluding hydrogens is 246 g/mol. The van der Waals surface area contributed by atoms with Gasteiger partial charge in [0.15, 0.2) is 5.78 Å². The molecule has 0 aliphatic heterocycles. The molecule has 1 aromatic carbocycles. The van der Waals surface area contributed by atoms with E-state index in [2.05, 4.69) is 25.7 Å². The quantitative estimate of drug-likeness (QED) is 0.726. The van der Waals surface area contributed by atoms with E-state index >= 15 is 0 Å². The van der Waals surface area contributed by atoms with Crippen LogP contribution in [0.5, 0.6) is 0 Å². The van der Waals surface area contributed by atoms with Crippen molar-refractivity contribution >= 4 is 17.4 Å². The van der Waals surface area contributed by atoms with Crippen LogP contribution in [0.2, 0.25) is 5.02 Å². The van der Waals surface area contributed by atoms with Crippen molar-refractivity contribution in [3.8, 4) is 0 Å². The van der Waals surface area contributed by atoms with Crippen LogP contribution < -0.4 is 0 Å². The minimum atomic E-state index is -0.0916. The normalized spacial score (nSPS) is 14.6. The molecule has 0 bridgehead atoms. The fraction of sp³-hybridized carbons (Fsp3) is 0.533. The Bertz CT molecular complexity index is 388. The summed E-state index contributed by atoms with van der Waals surface area (Å²) in [5.74, 6) is 0.161. The van der Waals surface area contributed by atoms with Crippen molar-refractivity contribution in [3.63, 3.8) is 0 Å². The Morgan fingerprint density at radius 3 is 2.22 bits per heavy atom. The summed E-state index contributed by atoms with van der Waals surface area (Å²) in [5, 5.41) is 0.661. The Hall–Kier alpha value is -0.860. The van der Waals surface area contributed by atoms with Crippen LogP contribution in [0.3, 0.4) is 0 Å². The Labute approximate surface area is 115 Å². The number of rotatable bonds is 6. The van der Waals surface area contributed by atoms with Gasteiger partial charge < -0.3 is 0 Å². The summed E-state index contributed by atoms with van der Waals surface area (Å²) in [6, 6.07) is 7.45. The molecule has 0 saturated carbocycles. The molecule has 18 heavy (non-hydrogen) atoms. The first-order valence-electron chi connectivity index (χ1n) is 6.56. The van der Waals surface area contributed by atoms with Crippen molar-refractivity contribution in [1.82, 2.24) is 4.90 Å². The molecule has 2 atom stereocenters. The van der Waals surface area contributed by atoms with Crippen molar-refractivity contribution in [3.05, 3.63) is 34.9 Å². The maximum Gasteiger partial charge on any atom is 0.179 e. The summed E-state index contributed by atoms with van der Waals surface area (Å²) < 4.78 is 0. The zero-order valence-electron chi connectivity index (χ0n) is 11.6. The smallest absolute Gasteiger partial charge is 0.179 e. The zero-order chi connectivity index (χ0) is 13.7. The molecule has 3 heteroatoms. The minimum Gasteiger partial charge on any atom is -0.292 e. The van der Waals surface area contributed by atoms with Crippen molar-refractivity contribution in [2.45, 2.75) is 46.2 Å². The Morgan fingerprint density at radius 1 is 1.22 bits per heavy atom. The van der Waals surface area contributed by atoms with Crippen LogP contribution in [-0.2, 0) is 0 Å². The van der Waals surface area contributed by atoms with Crippen LogP contribution in [-0.4, -0.2) is 29.3 Å². The molecular formula is C15H22ClNO. The van der Waals surface area contributed by atoms with Gasteiger partial charge in [0, 0.05) is 16.6 Å². The highest BCUT2D eigenvalue weighted by atomic mass is 35.5. The number of Topliss-reactive ketones (excluding diaryl/α,β-unsaturated/α-hetero) is 1. The topological polar surface area (TPSA) is 20.3 Å². The number of ketones is 1. The van der Waals surface area contributed by atoms with Gasteiger partial charge in [-0.2, -0.15) is 0 Å². The van der Waals surface area contributed by atoms with Crippen LogP contribution in [0.15, 0.2) is 24.3 Å². The van der Waals surface area contributed by atoms with Crippen LogP contribution in [0.1, 0.15) is 44.5 Å². The Kier molecular flexibility index (Phi) is 5.83. The van der Waals surface area contributed by atoms with E-state index in [0.29, 0.717) is 11.1 Å². The van der Waals surface area contributed by atoms with E-state index in [0.717, 1.165) is 18.5 Å². The van der Waals surface area contributed by atoms with Gasteiger partial charge in [0.2, 0.25) is 0 Å². The third-order valence-electron chi connectivity index (χ3n) is 3.53. The Morgan fingerprint density at radius 2 is 1.78 bits per heavy atom. The highest BCUT2D eigenvalue weighted by Gasteiger charge is 2.24. The first-order chi connectivity index (χ1) is 8.51. The van der Waals surface area contributed by atoms with Gasteiger partial charge in [-0.25, -0.2) is 0 Å². The van der Waals surface area contributed by atoms with Gasteiger partial charge in [-0.15, -0.1) is 0 Å². The van der Waals surface area contributed by atoms with E-state index in [1.807, 2.05) is 6.92 Å². The molecule has 1 aromatic rings. The number of benzene rings is 1. The monoisotopic (exact) mass is 267 g/mol. The SMILES string of the molecule is CCC(C)N(CC)C(C)C(=O)c1ccc(Cl)cc1. The molecule has 0 radical (unpaired) electrons. The first kappa shape index (κ1) is 15.2. The number of carbonyl (C=O) groups excluding carboxylic acids is 1. The first-order valence-corrected chi connectivity index (χ1v) is 6.94. The van der Waals surface area contributed by atoms with Crippen molar-refractivity contribution in [1.29, 1.82) is 0 Å². The van der Waals surface area contributed by atoms with Crippen LogP contribution in [0, 0.1) is 0 Å². The maximum absolute atomic E-state index is 12.4. The fourth-order valence-electron chi connectivity index (χ4n) is 2.21. The second-order valence-electron chi connectivity index (χ2n) is 4.63. The summed E-state index contributed by atoms with van der Waals surface area (Å²) >= 11 is 5.84. The van der Waals surface area contributed by atoms with Gasteiger partial charge >= 0.3 is 0 Å². The number of halogens is 1. The van der Waals surface area contributed by atoms with Gasteiger partial charge in [-0.05, 0) is 51.1 Å². The average molecular weight is 268 g/mol. The molecule has 0 aliphatic carbocycles. The van der Waals surface area contributed by atoms with E-state index in [-0.39, 0.29) is 11.8 Å². The van der Waals surface area contributed by atoms with E-state index in [1.54, 1.807) is 24.3 Å². The molecule has 2 unspecified atom stereocenters. The van der Waals surface area contributed by atoms with Gasteiger partial charge in [-0.3, -0.25) is 9.69 Å². The Balaban J connectivity index is 2.85. The molecule has 0 aromatic heterocycles. The third kappa shape index (κ3) is 3.56. The van der Waals surface area contributed by atoms with Crippen LogP contribution >= 0.6 is 11.6 Å². The average Bonchev–Trinajstić information content (AvgIpc) is 2.39. The van der Waals surface area contributed by atoms with Crippen molar-refractivity contribution in [2.24, 2.45) is 0 Å². The molecule has 0 saturated heterocycles. The van der Waals surface area contributed by atoms with Crippen LogP contribution in [0.25, 0.3) is 0 Å². The molecule has 0 spiro atoms. The summed E-state index contributed by atoms with van der Waals surface area (Å²) in [5.41, 5.74) is 0.730. The maximum atomic E-state index is 12.4. The summed E-state index contributed by atoms with van der Waals surface area (Å²) in [4.78, 5) is 14.6. The highest BCUT2D eigenvalue weighted by molar-refractivity contribution is 6.30. The lowest BCUT2D eigenvalue weighted by Crippen LogP contribution is -2.44. The van der Waals surface area contributed by atoms with E-state index in [9.17, 15) is 4.79 Å². The summed E-state index contributed by atoms with van der Waals surface area (Å²) in [7, 11) is 0. The minimum absolute atomic E-state index is 0.0916. The summed E-state index contributed by atoms with van der Waals surface area (Å²) in [6.07, 6.45) is 1.05. The molecule has 100 valence electrons. The molecule has 1 rings (SSSR count). The number of likely N-dealkylation sites (N-methyl/N-ethyl adjacent to an activating group) is 1. The van der Waals surface area contributed by atoms with E-state index < -0.39 is 0 Å². The van der Waals surface area contributed by atoms with Crippen molar-refractivity contribution in [2.75, 3.05) is 6.54 Å². The lowest BCUT2D eigenvalue weighted by molar-refractivity contribution is 0.0782. The number of hydrogen-bond acceptors (Lipinski definition) is 2. The highest BCUT2D eigenvalue weighted by Crippen LogP contribution is 2.16. The molecule has 0 fully saturated rings. The summed E-state index contributed by atoms with van der Waals surface area (Å²) in [6.45, 7) is 9.27. The van der Waals surface area contributed by atoms with E-state index in [4.69, 9.17) is 11.6 Å². The van der Waals surface area contributed by atoms with E-state index in [1.165, 1.54) is 0 Å². The predicted octanol–water partition coefficient (Wildman–Crippen LogP) is 4.03. The van der Waals surface area contributed by atoms with Crippen molar-refractivity contribution < 1.29 is 4.79 Å². The van der Waals surface area contributed by atoms with Gasteiger partial charge in [-0.1, -0.05) is 25.4 Å². The zero-order valence-corrected chi connectivity index (χ0v) is 12.4. The van der Waals surface area contributed by atoms with Crippen LogP contribution in [0.4, 0.5) is 0 Å². The van der Waals surface area contributed by atoms with Gasteiger partial charge in [0.1, 0.15) is 0 Å². The largest absolute Gasteiger partial charge is 0.292 e. The van der Waals surface area contributed by atoms with Gasteiger partial charge in [0.25, 0.3) is 0 Å². The second kappa shape index (κ2) is 6.91. The lowest BCUT2D eigenvalue weighted by atomic mass is 10.0. The van der Waals surface area contributed by atoms with Gasteiger partial charge in [0.05, 0.1) is 6.04 Å².